The second-order valence-corrected chi connectivity index (χ2v) is 6.19. The number of ether oxygens (including phenoxy) is 1. The second kappa shape index (κ2) is 8.99. The fraction of sp³-hybridized carbons (Fsp3) is 0.273. The molecule has 26 heavy (non-hydrogen) atoms. The lowest BCUT2D eigenvalue weighted by Gasteiger charge is -2.09. The Morgan fingerprint density at radius 2 is 1.77 bits per heavy atom. The van der Waals surface area contributed by atoms with Crippen molar-refractivity contribution >= 4 is 17.8 Å². The molecule has 4 heteroatoms. The molecule has 1 heterocycles. The number of hydrogen-bond donors (Lipinski definition) is 0. The highest BCUT2D eigenvalue weighted by Gasteiger charge is 2.27. The van der Waals surface area contributed by atoms with Crippen molar-refractivity contribution in [3.05, 3.63) is 71.3 Å². The molecule has 4 nitrogen and oxygen atoms in total. The van der Waals surface area contributed by atoms with Crippen molar-refractivity contribution in [3.63, 3.8) is 0 Å². The van der Waals surface area contributed by atoms with E-state index in [-0.39, 0.29) is 0 Å². The van der Waals surface area contributed by atoms with Crippen LogP contribution in [0.4, 0.5) is 0 Å². The SMILES string of the molecule is CCCCCCOc1ccccc1/C=C1\C(=O)ON=C1c1ccccc1. The largest absolute Gasteiger partial charge is 0.493 e. The number of para-hydroxylation sites is 1. The van der Waals surface area contributed by atoms with Gasteiger partial charge in [0, 0.05) is 11.1 Å². The summed E-state index contributed by atoms with van der Waals surface area (Å²) >= 11 is 0. The van der Waals surface area contributed by atoms with Crippen LogP contribution >= 0.6 is 0 Å². The molecule has 0 bridgehead atoms. The molecule has 134 valence electrons. The first-order valence-electron chi connectivity index (χ1n) is 9.08. The predicted molar refractivity (Wildman–Crippen MR) is 103 cm³/mol. The first kappa shape index (κ1) is 17.9. The van der Waals surface area contributed by atoms with Crippen LogP contribution in [0.15, 0.2) is 65.3 Å². The highest BCUT2D eigenvalue weighted by molar-refractivity contribution is 6.31. The Kier molecular flexibility index (Phi) is 6.20. The first-order chi connectivity index (χ1) is 12.8. The number of benzene rings is 2. The molecule has 0 spiro atoms. The maximum absolute atomic E-state index is 12.2. The zero-order valence-electron chi connectivity index (χ0n) is 15.0. The van der Waals surface area contributed by atoms with Crippen LogP contribution in [0.25, 0.3) is 6.08 Å². The number of hydrogen-bond acceptors (Lipinski definition) is 4. The molecule has 2 aromatic rings. The summed E-state index contributed by atoms with van der Waals surface area (Å²) in [5.74, 6) is 0.324. The minimum absolute atomic E-state index is 0.443. The average molecular weight is 349 g/mol. The molecule has 0 unspecified atom stereocenters. The van der Waals surface area contributed by atoms with Crippen molar-refractivity contribution in [2.45, 2.75) is 32.6 Å². The molecule has 3 rings (SSSR count). The van der Waals surface area contributed by atoms with Gasteiger partial charge in [0.05, 0.1) is 12.2 Å². The number of nitrogens with zero attached hydrogens (tertiary/aromatic N) is 1. The van der Waals surface area contributed by atoms with Crippen LogP contribution in [-0.4, -0.2) is 18.3 Å². The summed E-state index contributed by atoms with van der Waals surface area (Å²) in [5.41, 5.74) is 2.69. The van der Waals surface area contributed by atoms with E-state index in [2.05, 4.69) is 12.1 Å². The van der Waals surface area contributed by atoms with Crippen molar-refractivity contribution in [3.8, 4) is 5.75 Å². The number of oxime groups is 1. The predicted octanol–water partition coefficient (Wildman–Crippen LogP) is 4.99. The van der Waals surface area contributed by atoms with Gasteiger partial charge >= 0.3 is 5.97 Å². The lowest BCUT2D eigenvalue weighted by molar-refractivity contribution is -0.136. The summed E-state index contributed by atoms with van der Waals surface area (Å²) in [6.45, 7) is 2.86. The summed E-state index contributed by atoms with van der Waals surface area (Å²) in [5, 5.41) is 3.95. The van der Waals surface area contributed by atoms with Gasteiger partial charge in [-0.05, 0) is 18.6 Å². The van der Waals surface area contributed by atoms with E-state index in [1.807, 2.05) is 54.6 Å². The van der Waals surface area contributed by atoms with E-state index in [0.717, 1.165) is 29.7 Å². The first-order valence-corrected chi connectivity index (χ1v) is 9.08. The van der Waals surface area contributed by atoms with Crippen molar-refractivity contribution < 1.29 is 14.4 Å². The Labute approximate surface area is 154 Å². The molecule has 1 aliphatic rings. The van der Waals surface area contributed by atoms with E-state index in [0.29, 0.717) is 17.9 Å². The van der Waals surface area contributed by atoms with Gasteiger partial charge in [0.2, 0.25) is 0 Å². The van der Waals surface area contributed by atoms with Gasteiger partial charge in [-0.25, -0.2) is 4.79 Å². The van der Waals surface area contributed by atoms with Crippen LogP contribution in [-0.2, 0) is 9.63 Å². The fourth-order valence-corrected chi connectivity index (χ4v) is 2.81. The van der Waals surface area contributed by atoms with Crippen LogP contribution in [0.5, 0.6) is 5.75 Å². The maximum Gasteiger partial charge on any atom is 0.368 e. The summed E-state index contributed by atoms with van der Waals surface area (Å²) in [7, 11) is 0. The fourth-order valence-electron chi connectivity index (χ4n) is 2.81. The molecule has 0 atom stereocenters. The average Bonchev–Trinajstić information content (AvgIpc) is 3.04. The van der Waals surface area contributed by atoms with Gasteiger partial charge in [0.25, 0.3) is 0 Å². The highest BCUT2D eigenvalue weighted by Crippen LogP contribution is 2.26. The lowest BCUT2D eigenvalue weighted by atomic mass is 10.0. The van der Waals surface area contributed by atoms with E-state index in [1.54, 1.807) is 6.08 Å². The number of rotatable bonds is 8. The van der Waals surface area contributed by atoms with Crippen molar-refractivity contribution in [1.82, 2.24) is 0 Å². The van der Waals surface area contributed by atoms with Crippen molar-refractivity contribution in [2.75, 3.05) is 6.61 Å². The lowest BCUT2D eigenvalue weighted by Crippen LogP contribution is -2.07. The van der Waals surface area contributed by atoms with Gasteiger partial charge in [-0.3, -0.25) is 0 Å². The zero-order chi connectivity index (χ0) is 18.2. The van der Waals surface area contributed by atoms with E-state index in [4.69, 9.17) is 9.57 Å². The van der Waals surface area contributed by atoms with Crippen LogP contribution < -0.4 is 4.74 Å². The molecule has 0 aliphatic carbocycles. The van der Waals surface area contributed by atoms with Gasteiger partial charge in [-0.1, -0.05) is 79.9 Å². The molecule has 0 saturated carbocycles. The Balaban J connectivity index is 1.80. The smallest absolute Gasteiger partial charge is 0.368 e. The minimum Gasteiger partial charge on any atom is -0.493 e. The Hall–Kier alpha value is -2.88. The summed E-state index contributed by atoms with van der Waals surface area (Å²) in [6.07, 6.45) is 6.40. The van der Waals surface area contributed by atoms with Crippen LogP contribution in [0.1, 0.15) is 43.7 Å². The monoisotopic (exact) mass is 349 g/mol. The van der Waals surface area contributed by atoms with E-state index in [9.17, 15) is 4.79 Å². The molecular weight excluding hydrogens is 326 g/mol. The Morgan fingerprint density at radius 3 is 2.58 bits per heavy atom. The maximum atomic E-state index is 12.2. The Morgan fingerprint density at radius 1 is 1.00 bits per heavy atom. The third-order valence-electron chi connectivity index (χ3n) is 4.22. The van der Waals surface area contributed by atoms with Gasteiger partial charge in [0.1, 0.15) is 11.5 Å². The third-order valence-corrected chi connectivity index (χ3v) is 4.22. The van der Waals surface area contributed by atoms with E-state index >= 15 is 0 Å². The second-order valence-electron chi connectivity index (χ2n) is 6.19. The normalized spacial score (nSPS) is 15.0. The van der Waals surface area contributed by atoms with Crippen LogP contribution in [0.2, 0.25) is 0 Å². The topological polar surface area (TPSA) is 47.9 Å². The minimum atomic E-state index is -0.443. The summed E-state index contributed by atoms with van der Waals surface area (Å²) < 4.78 is 5.93. The highest BCUT2D eigenvalue weighted by atomic mass is 16.7. The molecule has 0 fully saturated rings. The van der Waals surface area contributed by atoms with Gasteiger partial charge in [0.15, 0.2) is 0 Å². The molecule has 2 aromatic carbocycles. The number of carbonyl (C=O) groups excluding carboxylic acids is 1. The molecular formula is C22H23NO3. The number of carbonyl (C=O) groups is 1. The number of unbranched alkanes of at least 4 members (excludes halogenated alkanes) is 3. The zero-order valence-corrected chi connectivity index (χ0v) is 15.0. The van der Waals surface area contributed by atoms with Crippen molar-refractivity contribution in [2.24, 2.45) is 5.16 Å². The standard InChI is InChI=1S/C22H23NO3/c1-2-3-4-10-15-25-20-14-9-8-13-18(20)16-19-21(23-26-22(19)24)17-11-6-5-7-12-17/h5-9,11-14,16H,2-4,10,15H2,1H3/b19-16-. The molecule has 1 aliphatic heterocycles. The summed E-state index contributed by atoms with van der Waals surface area (Å²) in [6, 6.07) is 17.3. The van der Waals surface area contributed by atoms with Crippen LogP contribution in [0.3, 0.4) is 0 Å². The van der Waals surface area contributed by atoms with Crippen LogP contribution in [0, 0.1) is 0 Å². The van der Waals surface area contributed by atoms with E-state index < -0.39 is 5.97 Å². The third kappa shape index (κ3) is 4.39. The molecule has 0 amide bonds. The molecule has 0 radical (unpaired) electrons. The van der Waals surface area contributed by atoms with Gasteiger partial charge in [-0.2, -0.15) is 0 Å². The Bertz CT molecular complexity index is 809. The molecule has 0 aromatic heterocycles. The van der Waals surface area contributed by atoms with Gasteiger partial charge < -0.3 is 9.57 Å². The van der Waals surface area contributed by atoms with E-state index in [1.165, 1.54) is 12.8 Å². The molecule has 0 saturated heterocycles. The van der Waals surface area contributed by atoms with Crippen molar-refractivity contribution in [1.29, 1.82) is 0 Å². The summed E-state index contributed by atoms with van der Waals surface area (Å²) in [4.78, 5) is 17.1. The quantitative estimate of drug-likeness (QED) is 0.383. The van der Waals surface area contributed by atoms with Gasteiger partial charge in [-0.15, -0.1) is 0 Å². The molecule has 0 N–H and O–H groups in total.